The van der Waals surface area contributed by atoms with Gasteiger partial charge in [0.25, 0.3) is 0 Å². The average molecular weight is 305 g/mol. The molecule has 0 amide bonds. The molecule has 0 fully saturated rings. The molecule has 0 heterocycles. The standard InChI is InChI=1S/C15H22F3NO2/c1-11-9-13(12(2)19-3)5-6-14(11)21-8-4-7-20-10-15(16,17)18/h5-6,9,12,19H,4,7-8,10H2,1-3H3. The largest absolute Gasteiger partial charge is 0.493 e. The van der Waals surface area contributed by atoms with Crippen molar-refractivity contribution < 1.29 is 22.6 Å². The highest BCUT2D eigenvalue weighted by molar-refractivity contribution is 5.37. The summed E-state index contributed by atoms with van der Waals surface area (Å²) >= 11 is 0. The maximum Gasteiger partial charge on any atom is 0.411 e. The highest BCUT2D eigenvalue weighted by Crippen LogP contribution is 2.22. The van der Waals surface area contributed by atoms with Gasteiger partial charge in [-0.3, -0.25) is 0 Å². The highest BCUT2D eigenvalue weighted by atomic mass is 19.4. The van der Waals surface area contributed by atoms with E-state index in [2.05, 4.69) is 17.0 Å². The van der Waals surface area contributed by atoms with Crippen LogP contribution in [0.1, 0.15) is 30.5 Å². The number of rotatable bonds is 8. The van der Waals surface area contributed by atoms with E-state index < -0.39 is 12.8 Å². The van der Waals surface area contributed by atoms with Crippen LogP contribution >= 0.6 is 0 Å². The van der Waals surface area contributed by atoms with Crippen molar-refractivity contribution in [3.63, 3.8) is 0 Å². The third kappa shape index (κ3) is 6.82. The number of ether oxygens (including phenoxy) is 2. The summed E-state index contributed by atoms with van der Waals surface area (Å²) in [5, 5.41) is 3.16. The first-order chi connectivity index (χ1) is 9.83. The predicted octanol–water partition coefficient (Wildman–Crippen LogP) is 3.62. The molecule has 3 nitrogen and oxygen atoms in total. The van der Waals surface area contributed by atoms with Crippen LogP contribution in [0.15, 0.2) is 18.2 Å². The number of hydrogen-bond acceptors (Lipinski definition) is 3. The Kier molecular flexibility index (Phi) is 6.98. The molecule has 0 saturated carbocycles. The summed E-state index contributed by atoms with van der Waals surface area (Å²) in [6, 6.07) is 6.16. The van der Waals surface area contributed by atoms with Gasteiger partial charge in [0.15, 0.2) is 0 Å². The molecule has 0 aromatic heterocycles. The van der Waals surface area contributed by atoms with Gasteiger partial charge in [-0.25, -0.2) is 0 Å². The third-order valence-electron chi connectivity index (χ3n) is 3.09. The third-order valence-corrected chi connectivity index (χ3v) is 3.09. The first-order valence-electron chi connectivity index (χ1n) is 6.88. The first-order valence-corrected chi connectivity index (χ1v) is 6.88. The summed E-state index contributed by atoms with van der Waals surface area (Å²) in [5.74, 6) is 0.748. The van der Waals surface area contributed by atoms with Crippen molar-refractivity contribution in [2.24, 2.45) is 0 Å². The van der Waals surface area contributed by atoms with Crippen LogP contribution < -0.4 is 10.1 Å². The Morgan fingerprint density at radius 2 is 1.95 bits per heavy atom. The second-order valence-corrected chi connectivity index (χ2v) is 4.91. The van der Waals surface area contributed by atoms with Gasteiger partial charge in [-0.15, -0.1) is 0 Å². The lowest BCUT2D eigenvalue weighted by Gasteiger charge is -2.14. The summed E-state index contributed by atoms with van der Waals surface area (Å²) in [6.07, 6.45) is -3.85. The molecular formula is C15H22F3NO2. The van der Waals surface area contributed by atoms with Crippen LogP contribution in [0, 0.1) is 6.92 Å². The molecule has 0 aliphatic rings. The Balaban J connectivity index is 2.33. The lowest BCUT2D eigenvalue weighted by atomic mass is 10.1. The van der Waals surface area contributed by atoms with Crippen molar-refractivity contribution in [1.29, 1.82) is 0 Å². The Labute approximate surface area is 123 Å². The van der Waals surface area contributed by atoms with E-state index in [1.165, 1.54) is 0 Å². The lowest BCUT2D eigenvalue weighted by Crippen LogP contribution is -2.18. The van der Waals surface area contributed by atoms with Crippen molar-refractivity contribution in [3.05, 3.63) is 29.3 Å². The number of nitrogens with one attached hydrogen (secondary N) is 1. The van der Waals surface area contributed by atoms with Crippen LogP contribution in [0.2, 0.25) is 0 Å². The number of halogens is 3. The molecule has 1 aromatic rings. The summed E-state index contributed by atoms with van der Waals surface area (Å²) in [4.78, 5) is 0. The quantitative estimate of drug-likeness (QED) is 0.744. The molecular weight excluding hydrogens is 283 g/mol. The smallest absolute Gasteiger partial charge is 0.411 e. The van der Waals surface area contributed by atoms with Gasteiger partial charge < -0.3 is 14.8 Å². The van der Waals surface area contributed by atoms with Crippen molar-refractivity contribution in [2.45, 2.75) is 32.5 Å². The number of benzene rings is 1. The Morgan fingerprint density at radius 3 is 2.52 bits per heavy atom. The summed E-state index contributed by atoms with van der Waals surface area (Å²) in [7, 11) is 1.89. The van der Waals surface area contributed by atoms with E-state index in [9.17, 15) is 13.2 Å². The SMILES string of the molecule is CNC(C)c1ccc(OCCCOCC(F)(F)F)c(C)c1. The molecule has 1 aromatic carbocycles. The van der Waals surface area contributed by atoms with Crippen molar-refractivity contribution >= 4 is 0 Å². The van der Waals surface area contributed by atoms with Crippen LogP contribution in [-0.2, 0) is 4.74 Å². The van der Waals surface area contributed by atoms with Gasteiger partial charge in [0.1, 0.15) is 12.4 Å². The van der Waals surface area contributed by atoms with Crippen LogP contribution in [0.3, 0.4) is 0 Å². The molecule has 0 spiro atoms. The molecule has 6 heteroatoms. The fraction of sp³-hybridized carbons (Fsp3) is 0.600. The van der Waals surface area contributed by atoms with E-state index in [-0.39, 0.29) is 12.6 Å². The maximum atomic E-state index is 11.9. The Morgan fingerprint density at radius 1 is 1.24 bits per heavy atom. The van der Waals surface area contributed by atoms with Gasteiger partial charge in [0.2, 0.25) is 0 Å². The van der Waals surface area contributed by atoms with Crippen LogP contribution in [0.25, 0.3) is 0 Å². The zero-order valence-electron chi connectivity index (χ0n) is 12.6. The molecule has 1 atom stereocenters. The van der Waals surface area contributed by atoms with Gasteiger partial charge in [0, 0.05) is 12.5 Å². The van der Waals surface area contributed by atoms with Gasteiger partial charge in [0.05, 0.1) is 13.2 Å². The minimum absolute atomic E-state index is 0.0351. The zero-order chi connectivity index (χ0) is 15.9. The second-order valence-electron chi connectivity index (χ2n) is 4.91. The normalized spacial score (nSPS) is 13.2. The zero-order valence-corrected chi connectivity index (χ0v) is 12.6. The van der Waals surface area contributed by atoms with Gasteiger partial charge >= 0.3 is 6.18 Å². The summed E-state index contributed by atoms with van der Waals surface area (Å²) in [5.41, 5.74) is 2.17. The van der Waals surface area contributed by atoms with E-state index in [4.69, 9.17) is 4.74 Å². The summed E-state index contributed by atoms with van der Waals surface area (Å²) < 4.78 is 45.6. The minimum Gasteiger partial charge on any atom is -0.493 e. The van der Waals surface area contributed by atoms with Crippen LogP contribution in [0.4, 0.5) is 13.2 Å². The van der Waals surface area contributed by atoms with Crippen LogP contribution in [-0.4, -0.2) is 33.0 Å². The van der Waals surface area contributed by atoms with Crippen LogP contribution in [0.5, 0.6) is 5.75 Å². The molecule has 21 heavy (non-hydrogen) atoms. The fourth-order valence-corrected chi connectivity index (χ4v) is 1.80. The molecule has 1 N–H and O–H groups in total. The molecule has 1 rings (SSSR count). The minimum atomic E-state index is -4.27. The molecule has 0 aliphatic heterocycles. The van der Waals surface area contributed by atoms with E-state index in [0.29, 0.717) is 13.0 Å². The van der Waals surface area contributed by atoms with Crippen molar-refractivity contribution in [2.75, 3.05) is 26.9 Å². The topological polar surface area (TPSA) is 30.5 Å². The molecule has 0 radical (unpaired) electrons. The second kappa shape index (κ2) is 8.24. The van der Waals surface area contributed by atoms with E-state index >= 15 is 0 Å². The average Bonchev–Trinajstić information content (AvgIpc) is 2.42. The Hall–Kier alpha value is -1.27. The van der Waals surface area contributed by atoms with E-state index in [0.717, 1.165) is 16.9 Å². The summed E-state index contributed by atoms with van der Waals surface area (Å²) in [6.45, 7) is 3.17. The molecule has 0 bridgehead atoms. The van der Waals surface area contributed by atoms with Gasteiger partial charge in [-0.2, -0.15) is 13.2 Å². The lowest BCUT2D eigenvalue weighted by molar-refractivity contribution is -0.174. The first kappa shape index (κ1) is 17.8. The number of alkyl halides is 3. The predicted molar refractivity (Wildman–Crippen MR) is 75.6 cm³/mol. The van der Waals surface area contributed by atoms with Crippen molar-refractivity contribution in [3.8, 4) is 5.75 Å². The molecule has 120 valence electrons. The van der Waals surface area contributed by atoms with Gasteiger partial charge in [-0.05, 0) is 38.1 Å². The molecule has 0 saturated heterocycles. The molecule has 1 unspecified atom stereocenters. The monoisotopic (exact) mass is 305 g/mol. The van der Waals surface area contributed by atoms with Crippen molar-refractivity contribution in [1.82, 2.24) is 5.32 Å². The Bertz CT molecular complexity index is 435. The fourth-order valence-electron chi connectivity index (χ4n) is 1.80. The highest BCUT2D eigenvalue weighted by Gasteiger charge is 2.27. The number of aryl methyl sites for hydroxylation is 1. The van der Waals surface area contributed by atoms with E-state index in [1.54, 1.807) is 0 Å². The maximum absolute atomic E-state index is 11.9. The molecule has 0 aliphatic carbocycles. The van der Waals surface area contributed by atoms with E-state index in [1.807, 2.05) is 32.2 Å². The van der Waals surface area contributed by atoms with Gasteiger partial charge in [-0.1, -0.05) is 12.1 Å². The number of hydrogen-bond donors (Lipinski definition) is 1.